The van der Waals surface area contributed by atoms with Gasteiger partial charge in [0.2, 0.25) is 11.6 Å². The number of piperazine rings is 1. The number of allylic oxidation sites excluding steroid dienone is 2. The molecule has 5 atom stereocenters. The van der Waals surface area contributed by atoms with Crippen LogP contribution in [0.2, 0.25) is 0 Å². The van der Waals surface area contributed by atoms with Crippen LogP contribution < -0.4 is 10.6 Å². The second-order valence-corrected chi connectivity index (χ2v) is 7.88. The Kier molecular flexibility index (Phi) is 3.77. The van der Waals surface area contributed by atoms with E-state index >= 15 is 0 Å². The van der Waals surface area contributed by atoms with Crippen molar-refractivity contribution in [1.29, 1.82) is 0 Å². The number of aliphatic hydroxyl groups excluding tert-OH is 1. The van der Waals surface area contributed by atoms with Gasteiger partial charge in [0.15, 0.2) is 5.72 Å². The number of nitrogens with zero attached hydrogens (tertiary/aromatic N) is 1. The molecule has 0 bridgehead atoms. The van der Waals surface area contributed by atoms with Crippen LogP contribution in [0.3, 0.4) is 0 Å². The lowest BCUT2D eigenvalue weighted by molar-refractivity contribution is -0.137. The summed E-state index contributed by atoms with van der Waals surface area (Å²) in [6, 6.07) is 0.243. The average molecular weight is 368 g/mol. The number of Topliss-reactive ketones (excluding diaryl/α,β-unsaturated/α-hetero) is 2. The molecule has 0 aromatic rings. The number of ketones is 2. The van der Waals surface area contributed by atoms with Crippen molar-refractivity contribution >= 4 is 23.2 Å². The SMILES string of the molecule is COC12C(CO)C3=C(C(=O)C(C)=C(NCC(C)Cl)C3=O)N1CC1NC12. The highest BCUT2D eigenvalue weighted by atomic mass is 35.5. The molecule has 0 aromatic heterocycles. The Balaban J connectivity index is 1.77. The van der Waals surface area contributed by atoms with E-state index in [0.29, 0.717) is 29.9 Å². The lowest BCUT2D eigenvalue weighted by Crippen LogP contribution is -2.54. The highest BCUT2D eigenvalue weighted by molar-refractivity contribution is 6.25. The zero-order valence-electron chi connectivity index (χ0n) is 14.4. The minimum Gasteiger partial charge on any atom is -0.396 e. The first-order valence-corrected chi connectivity index (χ1v) is 8.94. The molecule has 2 fully saturated rings. The first-order valence-electron chi connectivity index (χ1n) is 8.50. The Morgan fingerprint density at radius 2 is 2.20 bits per heavy atom. The standard InChI is InChI=1S/C17H22ClN3O4/c1-7(18)4-19-12-8(2)14(23)13-11(15(12)24)9(6-22)17(25-3)16-10(20-16)5-21(13)17/h7,9-10,16,19-20,22H,4-6H2,1-3H3. The third-order valence-corrected chi connectivity index (χ3v) is 5.93. The summed E-state index contributed by atoms with van der Waals surface area (Å²) in [7, 11) is 1.57. The van der Waals surface area contributed by atoms with E-state index in [2.05, 4.69) is 10.6 Å². The van der Waals surface area contributed by atoms with E-state index in [0.717, 1.165) is 0 Å². The van der Waals surface area contributed by atoms with Crippen molar-refractivity contribution in [2.45, 2.75) is 37.0 Å². The number of nitrogens with one attached hydrogen (secondary N) is 2. The highest BCUT2D eigenvalue weighted by Gasteiger charge is 2.72. The van der Waals surface area contributed by atoms with Crippen LogP contribution in [0.15, 0.2) is 22.5 Å². The first kappa shape index (κ1) is 17.0. The van der Waals surface area contributed by atoms with E-state index in [1.807, 2.05) is 11.8 Å². The lowest BCUT2D eigenvalue weighted by atomic mass is 9.82. The van der Waals surface area contributed by atoms with Gasteiger partial charge in [0.05, 0.1) is 30.0 Å². The van der Waals surface area contributed by atoms with Gasteiger partial charge in [0.25, 0.3) is 0 Å². The second-order valence-electron chi connectivity index (χ2n) is 7.13. The van der Waals surface area contributed by atoms with Crippen LogP contribution in [0.25, 0.3) is 0 Å². The Morgan fingerprint density at radius 1 is 1.48 bits per heavy atom. The summed E-state index contributed by atoms with van der Waals surface area (Å²) in [6.45, 7) is 4.18. The molecular formula is C17H22ClN3O4. The van der Waals surface area contributed by atoms with Gasteiger partial charge < -0.3 is 25.4 Å². The van der Waals surface area contributed by atoms with Crippen molar-refractivity contribution in [2.24, 2.45) is 5.92 Å². The molecule has 0 saturated carbocycles. The maximum absolute atomic E-state index is 13.2. The van der Waals surface area contributed by atoms with E-state index in [4.69, 9.17) is 16.3 Å². The molecule has 1 aliphatic carbocycles. The predicted molar refractivity (Wildman–Crippen MR) is 90.8 cm³/mol. The van der Waals surface area contributed by atoms with Gasteiger partial charge in [0, 0.05) is 42.8 Å². The Labute approximate surface area is 151 Å². The summed E-state index contributed by atoms with van der Waals surface area (Å²) in [5.74, 6) is -0.989. The molecule has 25 heavy (non-hydrogen) atoms. The molecule has 0 amide bonds. The second kappa shape index (κ2) is 5.54. The van der Waals surface area contributed by atoms with Gasteiger partial charge in [0.1, 0.15) is 0 Å². The number of ether oxygens (including phenoxy) is 1. The molecule has 5 unspecified atom stereocenters. The summed E-state index contributed by atoms with van der Waals surface area (Å²) >= 11 is 5.97. The molecule has 0 radical (unpaired) electrons. The Morgan fingerprint density at radius 3 is 2.80 bits per heavy atom. The third-order valence-electron chi connectivity index (χ3n) is 5.78. The summed E-state index contributed by atoms with van der Waals surface area (Å²) in [4.78, 5) is 28.1. The summed E-state index contributed by atoms with van der Waals surface area (Å²) in [6.07, 6.45) is 0. The molecular weight excluding hydrogens is 346 g/mol. The van der Waals surface area contributed by atoms with Crippen molar-refractivity contribution in [3.8, 4) is 0 Å². The molecule has 4 rings (SSSR count). The molecule has 3 heterocycles. The molecule has 3 aliphatic heterocycles. The summed E-state index contributed by atoms with van der Waals surface area (Å²) in [5, 5.41) is 16.2. The van der Waals surface area contributed by atoms with Crippen LogP contribution in [0.4, 0.5) is 0 Å². The van der Waals surface area contributed by atoms with Crippen LogP contribution in [0.5, 0.6) is 0 Å². The van der Waals surface area contributed by atoms with Crippen molar-refractivity contribution in [3.63, 3.8) is 0 Å². The summed E-state index contributed by atoms with van der Waals surface area (Å²) in [5.41, 5.74) is 0.546. The molecule has 136 valence electrons. The van der Waals surface area contributed by atoms with E-state index < -0.39 is 11.6 Å². The van der Waals surface area contributed by atoms with E-state index in [-0.39, 0.29) is 41.3 Å². The quantitative estimate of drug-likeness (QED) is 0.342. The number of carbonyl (C=O) groups excluding carboxylic acids is 2. The summed E-state index contributed by atoms with van der Waals surface area (Å²) < 4.78 is 5.83. The number of fused-ring (bicyclic) bond motifs is 4. The number of aliphatic hydroxyl groups is 1. The van der Waals surface area contributed by atoms with E-state index in [1.165, 1.54) is 0 Å². The van der Waals surface area contributed by atoms with Gasteiger partial charge in [-0.2, -0.15) is 0 Å². The minimum atomic E-state index is -0.870. The Bertz CT molecular complexity index is 731. The van der Waals surface area contributed by atoms with Gasteiger partial charge in [-0.05, 0) is 13.8 Å². The fraction of sp³-hybridized carbons (Fsp3) is 0.647. The first-order chi connectivity index (χ1) is 11.9. The van der Waals surface area contributed by atoms with Gasteiger partial charge in [-0.3, -0.25) is 9.59 Å². The average Bonchev–Trinajstić information content (AvgIpc) is 3.18. The van der Waals surface area contributed by atoms with E-state index in [9.17, 15) is 14.7 Å². The van der Waals surface area contributed by atoms with Gasteiger partial charge in [-0.1, -0.05) is 0 Å². The predicted octanol–water partition coefficient (Wildman–Crippen LogP) is -0.496. The maximum atomic E-state index is 13.2. The van der Waals surface area contributed by atoms with Crippen molar-refractivity contribution in [2.75, 3.05) is 26.8 Å². The largest absolute Gasteiger partial charge is 0.396 e. The van der Waals surface area contributed by atoms with Gasteiger partial charge in [-0.25, -0.2) is 0 Å². The zero-order chi connectivity index (χ0) is 18.1. The van der Waals surface area contributed by atoms with Crippen molar-refractivity contribution in [3.05, 3.63) is 22.5 Å². The third kappa shape index (κ3) is 2.04. The molecule has 4 aliphatic rings. The van der Waals surface area contributed by atoms with Crippen LogP contribution in [0, 0.1) is 5.92 Å². The maximum Gasteiger partial charge on any atom is 0.208 e. The molecule has 7 nitrogen and oxygen atoms in total. The molecule has 0 spiro atoms. The minimum absolute atomic E-state index is 0.0143. The van der Waals surface area contributed by atoms with E-state index in [1.54, 1.807) is 14.0 Å². The highest BCUT2D eigenvalue weighted by Crippen LogP contribution is 2.55. The number of methoxy groups -OCH3 is 1. The van der Waals surface area contributed by atoms with Crippen LogP contribution in [-0.2, 0) is 14.3 Å². The number of carbonyl (C=O) groups is 2. The van der Waals surface area contributed by atoms with Crippen LogP contribution in [0.1, 0.15) is 13.8 Å². The van der Waals surface area contributed by atoms with Crippen molar-refractivity contribution in [1.82, 2.24) is 15.5 Å². The fourth-order valence-electron chi connectivity index (χ4n) is 4.60. The number of halogens is 1. The lowest BCUT2D eigenvalue weighted by Gasteiger charge is -2.39. The molecule has 2 saturated heterocycles. The van der Waals surface area contributed by atoms with Crippen LogP contribution >= 0.6 is 11.6 Å². The zero-order valence-corrected chi connectivity index (χ0v) is 15.2. The number of hydrogen-bond donors (Lipinski definition) is 3. The Hall–Kier alpha value is -1.41. The topological polar surface area (TPSA) is 101 Å². The number of alkyl halides is 1. The number of rotatable bonds is 5. The monoisotopic (exact) mass is 367 g/mol. The molecule has 3 N–H and O–H groups in total. The molecule has 8 heteroatoms. The smallest absolute Gasteiger partial charge is 0.208 e. The van der Waals surface area contributed by atoms with Gasteiger partial charge >= 0.3 is 0 Å². The number of hydrogen-bond acceptors (Lipinski definition) is 7. The van der Waals surface area contributed by atoms with Crippen molar-refractivity contribution < 1.29 is 19.4 Å². The van der Waals surface area contributed by atoms with Crippen LogP contribution in [-0.4, -0.2) is 71.6 Å². The normalized spacial score (nSPS) is 37.3. The molecule has 0 aromatic carbocycles. The fourth-order valence-corrected chi connectivity index (χ4v) is 4.68. The van der Waals surface area contributed by atoms with Gasteiger partial charge in [-0.15, -0.1) is 11.6 Å².